The molecule has 0 aromatic heterocycles. The van der Waals surface area contributed by atoms with Gasteiger partial charge in [0.15, 0.2) is 0 Å². The van der Waals surface area contributed by atoms with Gasteiger partial charge in [-0.25, -0.2) is 0 Å². The third-order valence-electron chi connectivity index (χ3n) is 2.93. The van der Waals surface area contributed by atoms with E-state index in [9.17, 15) is 0 Å². The molecule has 0 radical (unpaired) electrons. The van der Waals surface area contributed by atoms with Gasteiger partial charge in [0, 0.05) is 6.04 Å². The first-order valence-corrected chi connectivity index (χ1v) is 4.69. The molecule has 2 heteroatoms. The van der Waals surface area contributed by atoms with Crippen LogP contribution in [0.25, 0.3) is 0 Å². The smallest absolute Gasteiger partial charge is 0.0264 e. The van der Waals surface area contributed by atoms with E-state index in [0.717, 1.165) is 0 Å². The summed E-state index contributed by atoms with van der Waals surface area (Å²) in [6.45, 7) is 4.55. The highest BCUT2D eigenvalue weighted by atomic mass is 15.2. The minimum atomic E-state index is 0.532. The molecule has 0 bridgehead atoms. The zero-order chi connectivity index (χ0) is 8.32. The van der Waals surface area contributed by atoms with Crippen LogP contribution >= 0.6 is 0 Å². The summed E-state index contributed by atoms with van der Waals surface area (Å²) in [6.07, 6.45) is 6.51. The second kappa shape index (κ2) is 3.55. The van der Waals surface area contributed by atoms with Gasteiger partial charge in [0.25, 0.3) is 0 Å². The average Bonchev–Trinajstić information content (AvgIpc) is 2.71. The molecule has 0 saturated heterocycles. The number of nitrogens with one attached hydrogen (secondary N) is 1. The van der Waals surface area contributed by atoms with Crippen molar-refractivity contribution in [3.05, 3.63) is 0 Å². The molecule has 0 amide bonds. The molecule has 1 rings (SSSR count). The van der Waals surface area contributed by atoms with Crippen molar-refractivity contribution in [2.45, 2.75) is 52.0 Å². The van der Waals surface area contributed by atoms with Crippen LogP contribution in [0.2, 0.25) is 0 Å². The molecule has 1 aliphatic rings. The average molecular weight is 156 g/mol. The fourth-order valence-corrected chi connectivity index (χ4v) is 1.59. The number of hydrogen-bond acceptors (Lipinski definition) is 2. The second-order valence-electron chi connectivity index (χ2n) is 4.02. The van der Waals surface area contributed by atoms with Gasteiger partial charge >= 0.3 is 0 Å². The zero-order valence-electron chi connectivity index (χ0n) is 7.69. The standard InChI is InChI=1S/C9H20N2/c1-3-4-5-8(11-10)9(2)6-7-9/h8,11H,3-7,10H2,1-2H3. The van der Waals surface area contributed by atoms with Crippen molar-refractivity contribution in [2.75, 3.05) is 0 Å². The van der Waals surface area contributed by atoms with Crippen LogP contribution in [0.15, 0.2) is 0 Å². The lowest BCUT2D eigenvalue weighted by Gasteiger charge is -2.22. The normalized spacial score (nSPS) is 23.2. The van der Waals surface area contributed by atoms with Crippen molar-refractivity contribution in [1.29, 1.82) is 0 Å². The molecule has 1 saturated carbocycles. The van der Waals surface area contributed by atoms with E-state index in [1.54, 1.807) is 0 Å². The van der Waals surface area contributed by atoms with Gasteiger partial charge in [0.1, 0.15) is 0 Å². The van der Waals surface area contributed by atoms with E-state index in [1.807, 2.05) is 0 Å². The van der Waals surface area contributed by atoms with E-state index in [2.05, 4.69) is 19.3 Å². The Hall–Kier alpha value is -0.0800. The zero-order valence-corrected chi connectivity index (χ0v) is 7.69. The third-order valence-corrected chi connectivity index (χ3v) is 2.93. The number of nitrogens with two attached hydrogens (primary N) is 1. The molecule has 2 nitrogen and oxygen atoms in total. The lowest BCUT2D eigenvalue weighted by Crippen LogP contribution is -2.40. The van der Waals surface area contributed by atoms with Crippen molar-refractivity contribution >= 4 is 0 Å². The van der Waals surface area contributed by atoms with E-state index in [-0.39, 0.29) is 0 Å². The molecule has 1 unspecified atom stereocenters. The second-order valence-corrected chi connectivity index (χ2v) is 4.02. The Morgan fingerprint density at radius 3 is 2.55 bits per heavy atom. The van der Waals surface area contributed by atoms with Crippen molar-refractivity contribution in [2.24, 2.45) is 11.3 Å². The van der Waals surface area contributed by atoms with Gasteiger partial charge in [-0.3, -0.25) is 11.3 Å². The SMILES string of the molecule is CCCCC(NN)C1(C)CC1. The molecule has 0 aromatic carbocycles. The maximum atomic E-state index is 5.49. The highest BCUT2D eigenvalue weighted by Gasteiger charge is 2.43. The Morgan fingerprint density at radius 2 is 2.18 bits per heavy atom. The Kier molecular flexibility index (Phi) is 2.90. The minimum absolute atomic E-state index is 0.532. The first-order valence-electron chi connectivity index (χ1n) is 4.69. The molecule has 0 heterocycles. The summed E-state index contributed by atoms with van der Waals surface area (Å²) in [4.78, 5) is 0. The van der Waals surface area contributed by atoms with Gasteiger partial charge in [-0.2, -0.15) is 0 Å². The lowest BCUT2D eigenvalue weighted by atomic mass is 9.95. The quantitative estimate of drug-likeness (QED) is 0.470. The fourth-order valence-electron chi connectivity index (χ4n) is 1.59. The molecular weight excluding hydrogens is 136 g/mol. The van der Waals surface area contributed by atoms with Gasteiger partial charge in [-0.05, 0) is 24.7 Å². The summed E-state index contributed by atoms with van der Waals surface area (Å²) < 4.78 is 0. The Morgan fingerprint density at radius 1 is 1.55 bits per heavy atom. The van der Waals surface area contributed by atoms with Crippen LogP contribution in [0.3, 0.4) is 0 Å². The largest absolute Gasteiger partial charge is 0.271 e. The van der Waals surface area contributed by atoms with Crippen molar-refractivity contribution in [3.8, 4) is 0 Å². The molecule has 0 aliphatic heterocycles. The van der Waals surface area contributed by atoms with Crippen LogP contribution < -0.4 is 11.3 Å². The van der Waals surface area contributed by atoms with Crippen molar-refractivity contribution in [1.82, 2.24) is 5.43 Å². The van der Waals surface area contributed by atoms with Crippen LogP contribution in [0.5, 0.6) is 0 Å². The summed E-state index contributed by atoms with van der Waals surface area (Å²) in [5, 5.41) is 0. The number of rotatable bonds is 5. The van der Waals surface area contributed by atoms with Crippen LogP contribution in [0.1, 0.15) is 46.0 Å². The molecule has 0 spiro atoms. The van der Waals surface area contributed by atoms with Crippen LogP contribution in [0, 0.1) is 5.41 Å². The summed E-state index contributed by atoms with van der Waals surface area (Å²) in [5.74, 6) is 5.49. The van der Waals surface area contributed by atoms with Crippen LogP contribution in [-0.2, 0) is 0 Å². The molecular formula is C9H20N2. The first-order chi connectivity index (χ1) is 5.23. The fraction of sp³-hybridized carbons (Fsp3) is 1.00. The number of hydrogen-bond donors (Lipinski definition) is 2. The Labute approximate surface area is 69.5 Å². The monoisotopic (exact) mass is 156 g/mol. The number of unbranched alkanes of at least 4 members (excludes halogenated alkanes) is 1. The molecule has 0 aromatic rings. The topological polar surface area (TPSA) is 38.0 Å². The molecule has 1 fully saturated rings. The van der Waals surface area contributed by atoms with E-state index < -0.39 is 0 Å². The Bertz CT molecular complexity index is 119. The van der Waals surface area contributed by atoms with E-state index in [1.165, 1.54) is 32.1 Å². The van der Waals surface area contributed by atoms with Gasteiger partial charge in [0.2, 0.25) is 0 Å². The summed E-state index contributed by atoms with van der Waals surface area (Å²) in [6, 6.07) is 0.558. The maximum Gasteiger partial charge on any atom is 0.0264 e. The predicted molar refractivity (Wildman–Crippen MR) is 48.0 cm³/mol. The van der Waals surface area contributed by atoms with Crippen LogP contribution in [0.4, 0.5) is 0 Å². The maximum absolute atomic E-state index is 5.49. The Balaban J connectivity index is 2.25. The van der Waals surface area contributed by atoms with Gasteiger partial charge in [-0.15, -0.1) is 0 Å². The summed E-state index contributed by atoms with van der Waals surface area (Å²) >= 11 is 0. The predicted octanol–water partition coefficient (Wildman–Crippen LogP) is 1.81. The lowest BCUT2D eigenvalue weighted by molar-refractivity contribution is 0.334. The minimum Gasteiger partial charge on any atom is -0.271 e. The van der Waals surface area contributed by atoms with Gasteiger partial charge in [-0.1, -0.05) is 26.7 Å². The molecule has 1 aliphatic carbocycles. The van der Waals surface area contributed by atoms with E-state index in [0.29, 0.717) is 11.5 Å². The van der Waals surface area contributed by atoms with Crippen molar-refractivity contribution < 1.29 is 0 Å². The molecule has 1 atom stereocenters. The molecule has 66 valence electrons. The van der Waals surface area contributed by atoms with Crippen LogP contribution in [-0.4, -0.2) is 6.04 Å². The third kappa shape index (κ3) is 2.17. The highest BCUT2D eigenvalue weighted by molar-refractivity contribution is 4.97. The highest BCUT2D eigenvalue weighted by Crippen LogP contribution is 2.49. The van der Waals surface area contributed by atoms with Gasteiger partial charge in [0.05, 0.1) is 0 Å². The molecule has 3 N–H and O–H groups in total. The van der Waals surface area contributed by atoms with Crippen molar-refractivity contribution in [3.63, 3.8) is 0 Å². The van der Waals surface area contributed by atoms with E-state index in [4.69, 9.17) is 5.84 Å². The summed E-state index contributed by atoms with van der Waals surface area (Å²) in [7, 11) is 0. The molecule has 11 heavy (non-hydrogen) atoms. The van der Waals surface area contributed by atoms with E-state index >= 15 is 0 Å². The summed E-state index contributed by atoms with van der Waals surface area (Å²) in [5.41, 5.74) is 3.47. The van der Waals surface area contributed by atoms with Gasteiger partial charge < -0.3 is 0 Å². The number of hydrazine groups is 1. The first kappa shape index (κ1) is 9.01.